The van der Waals surface area contributed by atoms with Crippen molar-refractivity contribution in [3.05, 3.63) is 0 Å². The van der Waals surface area contributed by atoms with E-state index in [1.165, 1.54) is 0 Å². The van der Waals surface area contributed by atoms with Crippen molar-refractivity contribution in [3.8, 4) is 0 Å². The second-order valence-electron chi connectivity index (χ2n) is 3.32. The third-order valence-electron chi connectivity index (χ3n) is 1.56. The molecule has 0 saturated heterocycles. The summed E-state index contributed by atoms with van der Waals surface area (Å²) in [6.07, 6.45) is 0.563. The van der Waals surface area contributed by atoms with Crippen LogP contribution in [0.1, 0.15) is 25.7 Å². The van der Waals surface area contributed by atoms with Gasteiger partial charge in [-0.15, -0.1) is 0 Å². The molecule has 0 fully saturated rings. The van der Waals surface area contributed by atoms with Crippen LogP contribution < -0.4 is 0 Å². The molecule has 0 amide bonds. The molecule has 0 radical (unpaired) electrons. The summed E-state index contributed by atoms with van der Waals surface area (Å²) >= 11 is 0. The van der Waals surface area contributed by atoms with Gasteiger partial charge in [-0.1, -0.05) is 0 Å². The number of alkyl halides is 2. The summed E-state index contributed by atoms with van der Waals surface area (Å²) in [7, 11) is -8.23. The zero-order chi connectivity index (χ0) is 14.7. The van der Waals surface area contributed by atoms with Crippen LogP contribution in [-0.4, -0.2) is 73.8 Å². The molecule has 0 spiro atoms. The maximum absolute atomic E-state index is 11.3. The predicted octanol–water partition coefficient (Wildman–Crippen LogP) is 0.182. The fourth-order valence-electron chi connectivity index (χ4n) is 0.747. The largest absolute Gasteiger partial charge is 2.00 e. The normalized spacial score (nSPS) is 11.2. The molecular weight excluding hydrogens is 319 g/mol. The van der Waals surface area contributed by atoms with E-state index in [0.717, 1.165) is 0 Å². The van der Waals surface area contributed by atoms with Gasteiger partial charge in [0.1, 0.15) is 0 Å². The number of unbranched alkanes of at least 4 members (excludes halogenated alkanes) is 2. The molecule has 0 aliphatic carbocycles. The first-order chi connectivity index (χ1) is 8.12. The third kappa shape index (κ3) is 32.2. The number of halogens is 2. The van der Waals surface area contributed by atoms with E-state index in [9.17, 15) is 34.7 Å². The van der Waals surface area contributed by atoms with E-state index in [0.29, 0.717) is 0 Å². The van der Waals surface area contributed by atoms with Crippen molar-refractivity contribution in [3.63, 3.8) is 0 Å². The first-order valence-corrected chi connectivity index (χ1v) is 8.27. The van der Waals surface area contributed by atoms with Gasteiger partial charge < -0.3 is 9.11 Å². The Labute approximate surface area is 128 Å². The van der Waals surface area contributed by atoms with Crippen molar-refractivity contribution in [2.45, 2.75) is 25.7 Å². The Morgan fingerprint density at radius 1 is 0.684 bits per heavy atom. The van der Waals surface area contributed by atoms with Crippen LogP contribution in [0.15, 0.2) is 0 Å². The van der Waals surface area contributed by atoms with Gasteiger partial charge >= 0.3 is 23.1 Å². The van der Waals surface area contributed by atoms with E-state index < -0.39 is 45.1 Å². The van der Waals surface area contributed by atoms with E-state index in [4.69, 9.17) is 0 Å². The van der Waals surface area contributed by atoms with Crippen LogP contribution in [-0.2, 0) is 20.2 Å². The molecule has 0 N–H and O–H groups in total. The van der Waals surface area contributed by atoms with E-state index in [1.807, 2.05) is 0 Å². The van der Waals surface area contributed by atoms with Crippen LogP contribution in [0.5, 0.6) is 0 Å². The van der Waals surface area contributed by atoms with Gasteiger partial charge in [0.05, 0.1) is 33.6 Å². The van der Waals surface area contributed by atoms with E-state index in [1.54, 1.807) is 0 Å². The summed E-state index contributed by atoms with van der Waals surface area (Å²) in [5.41, 5.74) is 0. The van der Waals surface area contributed by atoms with Crippen molar-refractivity contribution in [2.24, 2.45) is 0 Å². The Morgan fingerprint density at radius 3 is 1.11 bits per heavy atom. The SMILES string of the molecule is O=S(=O)([O-])CCCCF.O=S(=O)([O-])CCCCF.[Mg+2]. The summed E-state index contributed by atoms with van der Waals surface area (Å²) in [4.78, 5) is 0. The summed E-state index contributed by atoms with van der Waals surface area (Å²) in [6.45, 7) is -1.12. The topological polar surface area (TPSA) is 114 Å². The summed E-state index contributed by atoms with van der Waals surface area (Å²) in [5.74, 6) is -0.895. The van der Waals surface area contributed by atoms with Gasteiger partial charge in [0.2, 0.25) is 0 Å². The molecule has 0 aromatic rings. The van der Waals surface area contributed by atoms with Crippen molar-refractivity contribution >= 4 is 43.3 Å². The molecule has 0 rings (SSSR count). The van der Waals surface area contributed by atoms with Crippen LogP contribution in [0.2, 0.25) is 0 Å². The zero-order valence-electron chi connectivity index (χ0n) is 10.4. The third-order valence-corrected chi connectivity index (χ3v) is 3.13. The second-order valence-corrected chi connectivity index (χ2v) is 6.36. The molecule has 0 atom stereocenters. The first kappa shape index (κ1) is 24.5. The van der Waals surface area contributed by atoms with E-state index in [2.05, 4.69) is 0 Å². The molecule has 0 heterocycles. The molecule has 0 aliphatic rings. The number of rotatable bonds is 8. The molecule has 0 aromatic heterocycles. The average molecular weight is 335 g/mol. The van der Waals surface area contributed by atoms with E-state index >= 15 is 0 Å². The minimum atomic E-state index is -4.11. The maximum atomic E-state index is 11.3. The Kier molecular flexibility index (Phi) is 17.3. The molecule has 0 saturated carbocycles. The van der Waals surface area contributed by atoms with Gasteiger partial charge in [0.15, 0.2) is 0 Å². The first-order valence-electron chi connectivity index (χ1n) is 5.11. The minimum Gasteiger partial charge on any atom is -0.748 e. The monoisotopic (exact) mass is 334 g/mol. The van der Waals surface area contributed by atoms with Gasteiger partial charge in [-0.25, -0.2) is 16.8 Å². The van der Waals surface area contributed by atoms with Crippen molar-refractivity contribution in [1.82, 2.24) is 0 Å². The summed E-state index contributed by atoms with van der Waals surface area (Å²) < 4.78 is 81.5. The average Bonchev–Trinajstić information content (AvgIpc) is 2.16. The smallest absolute Gasteiger partial charge is 0.748 e. The van der Waals surface area contributed by atoms with Crippen LogP contribution >= 0.6 is 0 Å². The van der Waals surface area contributed by atoms with Gasteiger partial charge in [-0.05, 0) is 25.7 Å². The summed E-state index contributed by atoms with van der Waals surface area (Å²) in [5, 5.41) is 0. The molecule has 6 nitrogen and oxygen atoms in total. The van der Waals surface area contributed by atoms with Crippen LogP contribution in [0, 0.1) is 0 Å². The molecular formula is C8H16F2MgO6S2. The molecule has 0 aromatic carbocycles. The van der Waals surface area contributed by atoms with Crippen LogP contribution in [0.25, 0.3) is 0 Å². The quantitative estimate of drug-likeness (QED) is 0.355. The fraction of sp³-hybridized carbons (Fsp3) is 1.00. The van der Waals surface area contributed by atoms with Crippen molar-refractivity contribution < 1.29 is 34.7 Å². The van der Waals surface area contributed by atoms with Gasteiger partial charge in [0.25, 0.3) is 0 Å². The molecule has 0 aliphatic heterocycles. The van der Waals surface area contributed by atoms with Gasteiger partial charge in [0, 0.05) is 11.5 Å². The molecule has 0 bridgehead atoms. The Balaban J connectivity index is -0.000000256. The molecule has 112 valence electrons. The molecule has 19 heavy (non-hydrogen) atoms. The van der Waals surface area contributed by atoms with Gasteiger partial charge in [-0.2, -0.15) is 0 Å². The molecule has 11 heteroatoms. The number of hydrogen-bond donors (Lipinski definition) is 0. The number of hydrogen-bond acceptors (Lipinski definition) is 6. The van der Waals surface area contributed by atoms with Crippen LogP contribution in [0.3, 0.4) is 0 Å². The minimum absolute atomic E-state index is 0. The fourth-order valence-corrected chi connectivity index (χ4v) is 1.86. The van der Waals surface area contributed by atoms with Crippen molar-refractivity contribution in [2.75, 3.05) is 24.9 Å². The van der Waals surface area contributed by atoms with E-state index in [-0.39, 0.29) is 48.7 Å². The van der Waals surface area contributed by atoms with Gasteiger partial charge in [-0.3, -0.25) is 8.78 Å². The van der Waals surface area contributed by atoms with Crippen LogP contribution in [0.4, 0.5) is 8.78 Å². The Morgan fingerprint density at radius 2 is 0.947 bits per heavy atom. The predicted molar refractivity (Wildman–Crippen MR) is 65.3 cm³/mol. The maximum Gasteiger partial charge on any atom is 2.00 e. The Hall–Kier alpha value is 0.446. The Bertz CT molecular complexity index is 346. The second kappa shape index (κ2) is 13.4. The molecule has 0 unspecified atom stereocenters. The van der Waals surface area contributed by atoms with Crippen molar-refractivity contribution in [1.29, 1.82) is 0 Å². The summed E-state index contributed by atoms with van der Waals surface area (Å²) in [6, 6.07) is 0. The zero-order valence-corrected chi connectivity index (χ0v) is 13.4. The standard InChI is InChI=1S/2C4H9FO3S.Mg/c2*5-3-1-2-4-9(6,7)8;/h2*1-4H2,(H,6,7,8);/q;;+2/p-2.